The van der Waals surface area contributed by atoms with E-state index in [0.29, 0.717) is 0 Å². The minimum atomic E-state index is 0.0949. The van der Waals surface area contributed by atoms with Crippen LogP contribution in [0, 0.1) is 46.8 Å². The molecular weight excluding hydrogens is 164 g/mol. The van der Waals surface area contributed by atoms with Crippen molar-refractivity contribution in [1.82, 2.24) is 0 Å². The number of rotatable bonds is 1. The minimum Gasteiger partial charge on any atom is -0.469 e. The molecule has 0 radical (unpaired) electrons. The van der Waals surface area contributed by atoms with Crippen LogP contribution < -0.4 is 0 Å². The van der Waals surface area contributed by atoms with Gasteiger partial charge in [0.1, 0.15) is 0 Å². The Morgan fingerprint density at radius 2 is 1.85 bits per heavy atom. The van der Waals surface area contributed by atoms with E-state index in [9.17, 15) is 4.79 Å². The van der Waals surface area contributed by atoms with Gasteiger partial charge in [-0.15, -0.1) is 0 Å². The van der Waals surface area contributed by atoms with Crippen molar-refractivity contribution in [3.8, 4) is 0 Å². The molecule has 13 heavy (non-hydrogen) atoms. The highest BCUT2D eigenvalue weighted by Crippen LogP contribution is 3.00. The van der Waals surface area contributed by atoms with Crippen molar-refractivity contribution in [2.24, 2.45) is 46.8 Å². The maximum absolute atomic E-state index is 11.8. The fraction of sp³-hybridized carbons (Fsp3) is 0.909. The van der Waals surface area contributed by atoms with E-state index in [2.05, 4.69) is 0 Å². The third-order valence-corrected chi connectivity index (χ3v) is 6.06. The Bertz CT molecular complexity index is 334. The highest BCUT2D eigenvalue weighted by atomic mass is 16.5. The van der Waals surface area contributed by atoms with Gasteiger partial charge in [-0.3, -0.25) is 4.79 Å². The van der Waals surface area contributed by atoms with Crippen molar-refractivity contribution in [3.05, 3.63) is 0 Å². The molecule has 6 aliphatic carbocycles. The molecule has 0 N–H and O–H groups in total. The highest BCUT2D eigenvalue weighted by molar-refractivity contribution is 5.86. The number of methoxy groups -OCH3 is 1. The van der Waals surface area contributed by atoms with Crippen LogP contribution in [-0.4, -0.2) is 13.1 Å². The molecule has 0 aromatic rings. The van der Waals surface area contributed by atoms with Crippen LogP contribution in [0.2, 0.25) is 0 Å². The Balaban J connectivity index is 1.74. The fourth-order valence-electron chi connectivity index (χ4n) is 6.23. The molecule has 2 nitrogen and oxygen atoms in total. The number of hydrogen-bond acceptors (Lipinski definition) is 2. The minimum absolute atomic E-state index is 0.0949. The van der Waals surface area contributed by atoms with E-state index in [0.717, 1.165) is 41.4 Å². The monoisotopic (exact) mass is 176 g/mol. The lowest BCUT2D eigenvalue weighted by Crippen LogP contribution is -2.21. The van der Waals surface area contributed by atoms with E-state index in [1.165, 1.54) is 6.42 Å². The molecule has 6 aliphatic rings. The molecule has 0 aliphatic heterocycles. The number of ether oxygens (including phenoxy) is 1. The van der Waals surface area contributed by atoms with Gasteiger partial charge in [-0.05, 0) is 47.8 Å². The topological polar surface area (TPSA) is 26.3 Å². The van der Waals surface area contributed by atoms with Crippen molar-refractivity contribution < 1.29 is 9.53 Å². The second kappa shape index (κ2) is 1.27. The van der Waals surface area contributed by atoms with Gasteiger partial charge in [0.25, 0.3) is 0 Å². The molecule has 2 unspecified atom stereocenters. The summed E-state index contributed by atoms with van der Waals surface area (Å²) in [7, 11) is 1.56. The average molecular weight is 176 g/mol. The first kappa shape index (κ1) is 6.05. The van der Waals surface area contributed by atoms with Gasteiger partial charge in [0.05, 0.1) is 12.5 Å². The molecular formula is C11H12O2. The second-order valence-electron chi connectivity index (χ2n) is 5.72. The molecule has 0 spiro atoms. The predicted octanol–water partition coefficient (Wildman–Crippen LogP) is 0.917. The SMILES string of the molecule is COC(=O)C12C3[C@@H]4[C@H]5C[C@@H]([C@H]34)[C@@H]1[C@@H]52. The zero-order chi connectivity index (χ0) is 8.53. The van der Waals surface area contributed by atoms with E-state index in [-0.39, 0.29) is 11.4 Å². The first-order chi connectivity index (χ1) is 6.33. The second-order valence-corrected chi connectivity index (χ2v) is 5.72. The first-order valence-electron chi connectivity index (χ1n) is 5.42. The lowest BCUT2D eigenvalue weighted by molar-refractivity contribution is -0.148. The number of carbonyl (C=O) groups is 1. The van der Waals surface area contributed by atoms with Crippen molar-refractivity contribution in [3.63, 3.8) is 0 Å². The van der Waals surface area contributed by atoms with Gasteiger partial charge in [-0.1, -0.05) is 0 Å². The Kier molecular flexibility index (Phi) is 0.591. The summed E-state index contributed by atoms with van der Waals surface area (Å²) in [6.07, 6.45) is 1.46. The Morgan fingerprint density at radius 3 is 2.23 bits per heavy atom. The molecule has 0 aromatic heterocycles. The normalized spacial score (nSPS) is 77.2. The Labute approximate surface area is 76.6 Å². The summed E-state index contributed by atoms with van der Waals surface area (Å²) in [5.74, 6) is 6.34. The molecule has 0 amide bonds. The van der Waals surface area contributed by atoms with E-state index in [1.54, 1.807) is 7.11 Å². The Morgan fingerprint density at radius 1 is 1.23 bits per heavy atom. The van der Waals surface area contributed by atoms with Gasteiger partial charge in [0, 0.05) is 0 Å². The maximum Gasteiger partial charge on any atom is 0.312 e. The number of hydrogen-bond donors (Lipinski definition) is 0. The molecule has 6 saturated carbocycles. The van der Waals surface area contributed by atoms with Crippen LogP contribution in [0.1, 0.15) is 6.42 Å². The number of esters is 1. The molecule has 2 heteroatoms. The van der Waals surface area contributed by atoms with Crippen molar-refractivity contribution in [2.75, 3.05) is 7.11 Å². The summed E-state index contributed by atoms with van der Waals surface area (Å²) >= 11 is 0. The van der Waals surface area contributed by atoms with Gasteiger partial charge in [-0.2, -0.15) is 0 Å². The summed E-state index contributed by atoms with van der Waals surface area (Å²) in [5.41, 5.74) is 0.0949. The van der Waals surface area contributed by atoms with Crippen LogP contribution in [0.4, 0.5) is 0 Å². The van der Waals surface area contributed by atoms with Crippen LogP contribution in [-0.2, 0) is 9.53 Å². The van der Waals surface area contributed by atoms with Crippen LogP contribution >= 0.6 is 0 Å². The zero-order valence-corrected chi connectivity index (χ0v) is 7.57. The van der Waals surface area contributed by atoms with Crippen molar-refractivity contribution in [1.29, 1.82) is 0 Å². The third kappa shape index (κ3) is 0.311. The van der Waals surface area contributed by atoms with E-state index < -0.39 is 0 Å². The van der Waals surface area contributed by atoms with Gasteiger partial charge >= 0.3 is 5.97 Å². The third-order valence-electron chi connectivity index (χ3n) is 6.06. The highest BCUT2D eigenvalue weighted by Gasteiger charge is 3.00. The summed E-state index contributed by atoms with van der Waals surface area (Å²) in [5, 5.41) is 0. The van der Waals surface area contributed by atoms with Gasteiger partial charge < -0.3 is 4.74 Å². The molecule has 0 heterocycles. The van der Waals surface area contributed by atoms with Gasteiger partial charge in [0.2, 0.25) is 0 Å². The summed E-state index contributed by atoms with van der Waals surface area (Å²) < 4.78 is 5.00. The molecule has 6 fully saturated rings. The van der Waals surface area contributed by atoms with Crippen LogP contribution in [0.3, 0.4) is 0 Å². The van der Waals surface area contributed by atoms with Crippen LogP contribution in [0.15, 0.2) is 0 Å². The zero-order valence-electron chi connectivity index (χ0n) is 7.57. The Hall–Kier alpha value is -0.530. The van der Waals surface area contributed by atoms with Crippen LogP contribution in [0.5, 0.6) is 0 Å². The molecule has 68 valence electrons. The van der Waals surface area contributed by atoms with Gasteiger partial charge in [-0.25, -0.2) is 0 Å². The van der Waals surface area contributed by atoms with E-state index in [1.807, 2.05) is 0 Å². The molecule has 8 atom stereocenters. The summed E-state index contributed by atoms with van der Waals surface area (Å²) in [6.45, 7) is 0. The molecule has 0 aromatic carbocycles. The van der Waals surface area contributed by atoms with Crippen molar-refractivity contribution in [2.45, 2.75) is 6.42 Å². The van der Waals surface area contributed by atoms with Crippen LogP contribution in [0.25, 0.3) is 0 Å². The summed E-state index contributed by atoms with van der Waals surface area (Å²) in [6, 6.07) is 0. The number of carbonyl (C=O) groups excluding carboxylic acids is 1. The van der Waals surface area contributed by atoms with E-state index in [4.69, 9.17) is 4.74 Å². The van der Waals surface area contributed by atoms with Crippen molar-refractivity contribution >= 4 is 5.97 Å². The summed E-state index contributed by atoms with van der Waals surface area (Å²) in [4.78, 5) is 11.8. The maximum atomic E-state index is 11.8. The largest absolute Gasteiger partial charge is 0.469 e. The smallest absolute Gasteiger partial charge is 0.312 e. The lowest BCUT2D eigenvalue weighted by Gasteiger charge is -2.10. The average Bonchev–Trinajstić information content (AvgIpc) is 2.92. The molecule has 0 saturated heterocycles. The quantitative estimate of drug-likeness (QED) is 0.555. The fourth-order valence-corrected chi connectivity index (χ4v) is 6.23. The molecule has 6 rings (SSSR count). The van der Waals surface area contributed by atoms with E-state index >= 15 is 0 Å². The lowest BCUT2D eigenvalue weighted by atomic mass is 9.98. The standard InChI is InChI=1S/C11H12O2/c1-13-10(12)11-7-3-2-4(8(7)11)6-5(3)9(6)11/h3-9H,2H2,1H3/t3-,4+,5-,6+,7-,8-,9?,11?/m1/s1. The molecule has 2 bridgehead atoms. The van der Waals surface area contributed by atoms with Gasteiger partial charge in [0.15, 0.2) is 0 Å². The predicted molar refractivity (Wildman–Crippen MR) is 43.5 cm³/mol. The first-order valence-corrected chi connectivity index (χ1v) is 5.42.